The van der Waals surface area contributed by atoms with E-state index in [2.05, 4.69) is 19.1 Å². The van der Waals surface area contributed by atoms with Crippen LogP contribution in [0, 0.1) is 6.92 Å². The number of hydrogen-bond donors (Lipinski definition) is 0. The second kappa shape index (κ2) is 4.47. The van der Waals surface area contributed by atoms with Crippen LogP contribution in [0.5, 0.6) is 0 Å². The molecule has 1 saturated heterocycles. The van der Waals surface area contributed by atoms with Crippen LogP contribution in [-0.4, -0.2) is 23.9 Å². The first-order valence-electron chi connectivity index (χ1n) is 5.43. The summed E-state index contributed by atoms with van der Waals surface area (Å²) in [6.45, 7) is 5.21. The largest absolute Gasteiger partial charge is 0.343 e. The van der Waals surface area contributed by atoms with Crippen molar-refractivity contribution in [1.82, 2.24) is 4.90 Å². The lowest BCUT2D eigenvalue weighted by Gasteiger charge is -2.31. The van der Waals surface area contributed by atoms with E-state index >= 15 is 0 Å². The minimum atomic E-state index is 0.241. The maximum absolute atomic E-state index is 11.7. The van der Waals surface area contributed by atoms with E-state index in [1.165, 1.54) is 5.56 Å². The zero-order valence-corrected chi connectivity index (χ0v) is 8.86. The van der Waals surface area contributed by atoms with Gasteiger partial charge < -0.3 is 4.90 Å². The molecule has 1 aliphatic heterocycles. The molecule has 2 rings (SSSR count). The molecule has 0 bridgehead atoms. The van der Waals surface area contributed by atoms with Crippen LogP contribution >= 0.6 is 0 Å². The van der Waals surface area contributed by atoms with Gasteiger partial charge in [0.2, 0.25) is 5.91 Å². The zero-order valence-electron chi connectivity index (χ0n) is 8.86. The molecule has 1 heterocycles. The van der Waals surface area contributed by atoms with Gasteiger partial charge in [0.05, 0.1) is 0 Å². The van der Waals surface area contributed by atoms with Gasteiger partial charge in [-0.2, -0.15) is 0 Å². The highest BCUT2D eigenvalue weighted by atomic mass is 16.2. The van der Waals surface area contributed by atoms with Crippen LogP contribution in [0.15, 0.2) is 30.3 Å². The first-order valence-corrected chi connectivity index (χ1v) is 5.43. The Morgan fingerprint density at radius 1 is 1.33 bits per heavy atom. The summed E-state index contributed by atoms with van der Waals surface area (Å²) < 4.78 is 0. The molecule has 1 radical (unpaired) electrons. The van der Waals surface area contributed by atoms with Crippen molar-refractivity contribution in [3.05, 3.63) is 42.8 Å². The number of amides is 1. The van der Waals surface area contributed by atoms with Gasteiger partial charge in [-0.3, -0.25) is 4.79 Å². The number of likely N-dealkylation sites (tertiary alicyclic amines) is 1. The topological polar surface area (TPSA) is 20.3 Å². The molecule has 0 aliphatic carbocycles. The molecule has 2 heteroatoms. The van der Waals surface area contributed by atoms with Crippen LogP contribution in [0.4, 0.5) is 0 Å². The summed E-state index contributed by atoms with van der Waals surface area (Å²) in [5.74, 6) is 0.645. The lowest BCUT2D eigenvalue weighted by molar-refractivity contribution is -0.133. The molecule has 2 nitrogen and oxygen atoms in total. The molecule has 1 fully saturated rings. The van der Waals surface area contributed by atoms with Crippen LogP contribution in [-0.2, 0) is 4.79 Å². The molecule has 1 amide bonds. The van der Waals surface area contributed by atoms with Crippen LogP contribution in [0.3, 0.4) is 0 Å². The van der Waals surface area contributed by atoms with Crippen molar-refractivity contribution in [2.75, 3.05) is 13.1 Å². The third-order valence-corrected chi connectivity index (χ3v) is 3.06. The van der Waals surface area contributed by atoms with Gasteiger partial charge in [0, 0.05) is 19.5 Å². The van der Waals surface area contributed by atoms with Crippen LogP contribution in [0.25, 0.3) is 0 Å². The molecular weight excluding hydrogens is 186 g/mol. The van der Waals surface area contributed by atoms with Crippen molar-refractivity contribution in [2.45, 2.75) is 18.8 Å². The maximum Gasteiger partial charge on any atom is 0.223 e. The first kappa shape index (κ1) is 10.2. The minimum absolute atomic E-state index is 0.241. The van der Waals surface area contributed by atoms with E-state index in [0.29, 0.717) is 18.9 Å². The number of carbonyl (C=O) groups is 1. The van der Waals surface area contributed by atoms with Gasteiger partial charge in [-0.1, -0.05) is 30.3 Å². The van der Waals surface area contributed by atoms with Crippen molar-refractivity contribution in [2.24, 2.45) is 0 Å². The van der Waals surface area contributed by atoms with Gasteiger partial charge in [0.15, 0.2) is 0 Å². The summed E-state index contributed by atoms with van der Waals surface area (Å²) in [5, 5.41) is 0. The summed E-state index contributed by atoms with van der Waals surface area (Å²) >= 11 is 0. The third-order valence-electron chi connectivity index (χ3n) is 3.06. The molecule has 1 aromatic carbocycles. The van der Waals surface area contributed by atoms with Gasteiger partial charge >= 0.3 is 0 Å². The Morgan fingerprint density at radius 3 is 2.67 bits per heavy atom. The molecule has 1 aromatic rings. The highest BCUT2D eigenvalue weighted by molar-refractivity contribution is 5.78. The average molecular weight is 202 g/mol. The van der Waals surface area contributed by atoms with E-state index in [1.807, 2.05) is 23.1 Å². The van der Waals surface area contributed by atoms with E-state index in [9.17, 15) is 4.79 Å². The van der Waals surface area contributed by atoms with E-state index in [0.717, 1.165) is 13.0 Å². The standard InChI is InChI=1S/C13H16NO/c1-2-14-9-8-12(10-13(14)15)11-6-4-3-5-7-11/h3-7,12H,1-2,8-10H2. The lowest BCUT2D eigenvalue weighted by Crippen LogP contribution is -2.37. The molecule has 1 atom stereocenters. The Labute approximate surface area is 90.9 Å². The van der Waals surface area contributed by atoms with E-state index in [1.54, 1.807) is 0 Å². The molecule has 15 heavy (non-hydrogen) atoms. The predicted molar refractivity (Wildman–Crippen MR) is 60.4 cm³/mol. The van der Waals surface area contributed by atoms with Crippen molar-refractivity contribution in [1.29, 1.82) is 0 Å². The van der Waals surface area contributed by atoms with Gasteiger partial charge in [0.1, 0.15) is 0 Å². The number of rotatable bonds is 2. The SMILES string of the molecule is [CH2]CN1CCC(c2ccccc2)CC1=O. The monoisotopic (exact) mass is 202 g/mol. The van der Waals surface area contributed by atoms with E-state index in [-0.39, 0.29) is 5.91 Å². The summed E-state index contributed by atoms with van der Waals surface area (Å²) in [6, 6.07) is 10.3. The molecule has 0 spiro atoms. The van der Waals surface area contributed by atoms with Gasteiger partial charge in [-0.05, 0) is 24.8 Å². The van der Waals surface area contributed by atoms with Crippen molar-refractivity contribution < 1.29 is 4.79 Å². The summed E-state index contributed by atoms with van der Waals surface area (Å²) in [4.78, 5) is 13.5. The third kappa shape index (κ3) is 2.20. The maximum atomic E-state index is 11.7. The summed E-state index contributed by atoms with van der Waals surface area (Å²) in [6.07, 6.45) is 1.70. The van der Waals surface area contributed by atoms with Crippen LogP contribution in [0.1, 0.15) is 24.3 Å². The van der Waals surface area contributed by atoms with Crippen molar-refractivity contribution in [3.8, 4) is 0 Å². The Balaban J connectivity index is 2.06. The highest BCUT2D eigenvalue weighted by Crippen LogP contribution is 2.28. The summed E-state index contributed by atoms with van der Waals surface area (Å²) in [5.41, 5.74) is 1.29. The second-order valence-corrected chi connectivity index (χ2v) is 3.98. The van der Waals surface area contributed by atoms with Crippen molar-refractivity contribution >= 4 is 5.91 Å². The number of hydrogen-bond acceptors (Lipinski definition) is 1. The predicted octanol–water partition coefficient (Wildman–Crippen LogP) is 2.23. The van der Waals surface area contributed by atoms with Gasteiger partial charge in [-0.15, -0.1) is 0 Å². The normalized spacial score (nSPS) is 21.8. The number of piperidine rings is 1. The fraction of sp³-hybridized carbons (Fsp3) is 0.385. The number of benzene rings is 1. The quantitative estimate of drug-likeness (QED) is 0.720. The molecule has 0 saturated carbocycles. The van der Waals surface area contributed by atoms with Gasteiger partial charge in [0.25, 0.3) is 0 Å². The number of carbonyl (C=O) groups excluding carboxylic acids is 1. The van der Waals surface area contributed by atoms with Crippen molar-refractivity contribution in [3.63, 3.8) is 0 Å². The fourth-order valence-electron chi connectivity index (χ4n) is 2.12. The Bertz CT molecular complexity index is 334. The van der Waals surface area contributed by atoms with Crippen LogP contribution < -0.4 is 0 Å². The Hall–Kier alpha value is -1.31. The minimum Gasteiger partial charge on any atom is -0.343 e. The average Bonchev–Trinajstić information content (AvgIpc) is 2.30. The zero-order chi connectivity index (χ0) is 10.7. The molecular formula is C13H16NO. The highest BCUT2D eigenvalue weighted by Gasteiger charge is 2.25. The van der Waals surface area contributed by atoms with Gasteiger partial charge in [-0.25, -0.2) is 0 Å². The number of nitrogens with zero attached hydrogens (tertiary/aromatic N) is 1. The van der Waals surface area contributed by atoms with Crippen LogP contribution in [0.2, 0.25) is 0 Å². The Kier molecular flexibility index (Phi) is 3.05. The van der Waals surface area contributed by atoms with E-state index < -0.39 is 0 Å². The molecule has 1 unspecified atom stereocenters. The first-order chi connectivity index (χ1) is 7.31. The smallest absolute Gasteiger partial charge is 0.223 e. The molecule has 0 N–H and O–H groups in total. The summed E-state index contributed by atoms with van der Waals surface area (Å²) in [7, 11) is 0. The molecule has 79 valence electrons. The molecule has 0 aromatic heterocycles. The van der Waals surface area contributed by atoms with E-state index in [4.69, 9.17) is 0 Å². The fourth-order valence-corrected chi connectivity index (χ4v) is 2.12. The second-order valence-electron chi connectivity index (χ2n) is 3.98. The lowest BCUT2D eigenvalue weighted by atomic mass is 9.89. The Morgan fingerprint density at radius 2 is 2.07 bits per heavy atom. The molecule has 1 aliphatic rings.